The SMILES string of the molecule is CCOC(=O)c1nc(C)n(CC2CN(C)CCO2)c1N. The van der Waals surface area contributed by atoms with E-state index in [4.69, 9.17) is 15.2 Å². The van der Waals surface area contributed by atoms with Crippen LogP contribution in [0.1, 0.15) is 23.2 Å². The van der Waals surface area contributed by atoms with Crippen LogP contribution in [-0.4, -0.2) is 59.9 Å². The lowest BCUT2D eigenvalue weighted by Gasteiger charge is -2.30. The summed E-state index contributed by atoms with van der Waals surface area (Å²) in [4.78, 5) is 18.2. The number of nitrogen functional groups attached to an aromatic ring is 1. The summed E-state index contributed by atoms with van der Waals surface area (Å²) in [6, 6.07) is 0. The first kappa shape index (κ1) is 14.8. The number of aromatic nitrogens is 2. The first-order valence-electron chi connectivity index (χ1n) is 6.82. The maximum Gasteiger partial charge on any atom is 0.360 e. The molecule has 0 radical (unpaired) electrons. The van der Waals surface area contributed by atoms with Crippen LogP contribution in [0.25, 0.3) is 0 Å². The number of esters is 1. The summed E-state index contributed by atoms with van der Waals surface area (Å²) >= 11 is 0. The van der Waals surface area contributed by atoms with Crippen molar-refractivity contribution >= 4 is 11.8 Å². The van der Waals surface area contributed by atoms with Crippen molar-refractivity contribution < 1.29 is 14.3 Å². The zero-order valence-electron chi connectivity index (χ0n) is 12.3. The molecule has 0 bridgehead atoms. The number of ether oxygens (including phenoxy) is 2. The number of likely N-dealkylation sites (N-methyl/N-ethyl adjacent to an activating group) is 1. The molecule has 0 amide bonds. The number of nitrogens with zero attached hydrogens (tertiary/aromatic N) is 3. The molecule has 0 aromatic carbocycles. The van der Waals surface area contributed by atoms with Crippen LogP contribution in [0.15, 0.2) is 0 Å². The van der Waals surface area contributed by atoms with Gasteiger partial charge in [0, 0.05) is 13.1 Å². The third kappa shape index (κ3) is 3.10. The molecule has 1 aromatic rings. The molecule has 1 atom stereocenters. The van der Waals surface area contributed by atoms with E-state index in [9.17, 15) is 4.79 Å². The van der Waals surface area contributed by atoms with Crippen LogP contribution in [0.5, 0.6) is 0 Å². The van der Waals surface area contributed by atoms with Crippen molar-refractivity contribution in [1.82, 2.24) is 14.5 Å². The molecule has 1 fully saturated rings. The minimum Gasteiger partial charge on any atom is -0.461 e. The van der Waals surface area contributed by atoms with Gasteiger partial charge in [0.25, 0.3) is 0 Å². The molecule has 2 N–H and O–H groups in total. The molecule has 2 rings (SSSR count). The highest BCUT2D eigenvalue weighted by atomic mass is 16.5. The fourth-order valence-corrected chi connectivity index (χ4v) is 2.34. The zero-order chi connectivity index (χ0) is 14.7. The van der Waals surface area contributed by atoms with Crippen molar-refractivity contribution in [2.45, 2.75) is 26.5 Å². The maximum absolute atomic E-state index is 11.8. The second kappa shape index (κ2) is 6.23. The van der Waals surface area contributed by atoms with E-state index in [-0.39, 0.29) is 11.8 Å². The number of carbonyl (C=O) groups is 1. The highest BCUT2D eigenvalue weighted by Gasteiger charge is 2.24. The van der Waals surface area contributed by atoms with Crippen LogP contribution in [-0.2, 0) is 16.0 Å². The summed E-state index contributed by atoms with van der Waals surface area (Å²) < 4.78 is 12.5. The van der Waals surface area contributed by atoms with Gasteiger partial charge < -0.3 is 24.7 Å². The van der Waals surface area contributed by atoms with Crippen LogP contribution in [0.3, 0.4) is 0 Å². The number of aryl methyl sites for hydroxylation is 1. The molecular formula is C13H22N4O3. The molecule has 1 aliphatic rings. The Balaban J connectivity index is 2.13. The van der Waals surface area contributed by atoms with E-state index in [0.29, 0.717) is 31.4 Å². The van der Waals surface area contributed by atoms with E-state index in [0.717, 1.165) is 13.1 Å². The fraction of sp³-hybridized carbons (Fsp3) is 0.692. The zero-order valence-corrected chi connectivity index (χ0v) is 12.3. The highest BCUT2D eigenvalue weighted by Crippen LogP contribution is 2.17. The predicted octanol–water partition coefficient (Wildman–Crippen LogP) is 0.281. The van der Waals surface area contributed by atoms with Crippen molar-refractivity contribution in [3.63, 3.8) is 0 Å². The quantitative estimate of drug-likeness (QED) is 0.799. The number of morpholine rings is 1. The van der Waals surface area contributed by atoms with E-state index in [2.05, 4.69) is 16.9 Å². The first-order valence-corrected chi connectivity index (χ1v) is 6.82. The van der Waals surface area contributed by atoms with Gasteiger partial charge in [-0.25, -0.2) is 9.78 Å². The largest absolute Gasteiger partial charge is 0.461 e. The maximum atomic E-state index is 11.8. The van der Waals surface area contributed by atoms with E-state index < -0.39 is 5.97 Å². The molecule has 20 heavy (non-hydrogen) atoms. The van der Waals surface area contributed by atoms with Gasteiger partial charge in [-0.2, -0.15) is 0 Å². The number of imidazole rings is 1. The number of anilines is 1. The Morgan fingerprint density at radius 1 is 1.60 bits per heavy atom. The summed E-state index contributed by atoms with van der Waals surface area (Å²) in [5.74, 6) is 0.564. The van der Waals surface area contributed by atoms with Crippen LogP contribution < -0.4 is 5.73 Å². The minimum absolute atomic E-state index is 0.0546. The lowest BCUT2D eigenvalue weighted by Crippen LogP contribution is -2.42. The number of hydrogen-bond donors (Lipinski definition) is 1. The molecule has 2 heterocycles. The van der Waals surface area contributed by atoms with Crippen LogP contribution in [0.4, 0.5) is 5.82 Å². The molecule has 0 spiro atoms. The Bertz CT molecular complexity index is 486. The number of rotatable bonds is 4. The third-order valence-electron chi connectivity index (χ3n) is 3.39. The molecule has 112 valence electrons. The Hall–Kier alpha value is -1.60. The van der Waals surface area contributed by atoms with Crippen molar-refractivity contribution in [3.05, 3.63) is 11.5 Å². The van der Waals surface area contributed by atoms with Crippen molar-refractivity contribution in [1.29, 1.82) is 0 Å². The average molecular weight is 282 g/mol. The monoisotopic (exact) mass is 282 g/mol. The van der Waals surface area contributed by atoms with E-state index in [1.807, 2.05) is 11.5 Å². The van der Waals surface area contributed by atoms with Gasteiger partial charge in [-0.1, -0.05) is 0 Å². The Morgan fingerprint density at radius 2 is 2.35 bits per heavy atom. The normalized spacial score (nSPS) is 20.1. The van der Waals surface area contributed by atoms with Gasteiger partial charge in [-0.15, -0.1) is 0 Å². The van der Waals surface area contributed by atoms with E-state index in [1.54, 1.807) is 6.92 Å². The summed E-state index contributed by atoms with van der Waals surface area (Å²) in [7, 11) is 2.06. The van der Waals surface area contributed by atoms with Crippen LogP contribution in [0.2, 0.25) is 0 Å². The topological polar surface area (TPSA) is 82.6 Å². The summed E-state index contributed by atoms with van der Waals surface area (Å²) in [5.41, 5.74) is 6.21. The first-order chi connectivity index (χ1) is 9.52. The lowest BCUT2D eigenvalue weighted by atomic mass is 10.2. The van der Waals surface area contributed by atoms with Crippen molar-refractivity contribution in [2.75, 3.05) is 39.1 Å². The van der Waals surface area contributed by atoms with Gasteiger partial charge in [0.05, 0.1) is 25.9 Å². The van der Waals surface area contributed by atoms with E-state index >= 15 is 0 Å². The highest BCUT2D eigenvalue weighted by molar-refractivity contribution is 5.92. The third-order valence-corrected chi connectivity index (χ3v) is 3.39. The fourth-order valence-electron chi connectivity index (χ4n) is 2.34. The molecule has 1 aromatic heterocycles. The average Bonchev–Trinajstić information content (AvgIpc) is 2.67. The second-order valence-electron chi connectivity index (χ2n) is 4.98. The van der Waals surface area contributed by atoms with Gasteiger partial charge in [0.2, 0.25) is 0 Å². The van der Waals surface area contributed by atoms with Crippen molar-refractivity contribution in [2.24, 2.45) is 0 Å². The minimum atomic E-state index is -0.478. The van der Waals surface area contributed by atoms with Gasteiger partial charge in [-0.3, -0.25) is 0 Å². The molecule has 7 nitrogen and oxygen atoms in total. The van der Waals surface area contributed by atoms with Gasteiger partial charge >= 0.3 is 5.97 Å². The summed E-state index contributed by atoms with van der Waals surface area (Å²) in [5, 5.41) is 0. The van der Waals surface area contributed by atoms with Crippen LogP contribution >= 0.6 is 0 Å². The Kier molecular flexibility index (Phi) is 4.61. The Labute approximate surface area is 118 Å². The van der Waals surface area contributed by atoms with Crippen molar-refractivity contribution in [3.8, 4) is 0 Å². The smallest absolute Gasteiger partial charge is 0.360 e. The summed E-state index contributed by atoms with van der Waals surface area (Å²) in [6.45, 7) is 6.96. The second-order valence-corrected chi connectivity index (χ2v) is 4.98. The molecule has 0 saturated carbocycles. The molecule has 7 heteroatoms. The molecule has 0 aliphatic carbocycles. The number of carbonyl (C=O) groups excluding carboxylic acids is 1. The number of hydrogen-bond acceptors (Lipinski definition) is 6. The Morgan fingerprint density at radius 3 is 3.00 bits per heavy atom. The lowest BCUT2D eigenvalue weighted by molar-refractivity contribution is -0.0274. The van der Waals surface area contributed by atoms with E-state index in [1.165, 1.54) is 0 Å². The van der Waals surface area contributed by atoms with Crippen LogP contribution in [0, 0.1) is 6.92 Å². The molecule has 1 unspecified atom stereocenters. The molecule has 1 aliphatic heterocycles. The number of nitrogens with two attached hydrogens (primary N) is 1. The van der Waals surface area contributed by atoms with Gasteiger partial charge in [-0.05, 0) is 20.9 Å². The molecular weight excluding hydrogens is 260 g/mol. The van der Waals surface area contributed by atoms with Gasteiger partial charge in [0.1, 0.15) is 11.6 Å². The predicted molar refractivity (Wildman–Crippen MR) is 74.6 cm³/mol. The van der Waals surface area contributed by atoms with Gasteiger partial charge in [0.15, 0.2) is 5.69 Å². The summed E-state index contributed by atoms with van der Waals surface area (Å²) in [6.07, 6.45) is 0.0546. The standard InChI is InChI=1S/C13H22N4O3/c1-4-19-13(18)11-12(14)17(9(2)15-11)8-10-7-16(3)5-6-20-10/h10H,4-8,14H2,1-3H3. The molecule has 1 saturated heterocycles.